The zero-order valence-electron chi connectivity index (χ0n) is 10.3. The highest BCUT2D eigenvalue weighted by Gasteiger charge is 2.14. The molecule has 1 aromatic carbocycles. The molecule has 0 amide bonds. The number of nitrogens with one attached hydrogen (secondary N) is 2. The molecular formula is C13H18ClN3. The quantitative estimate of drug-likeness (QED) is 0.809. The van der Waals surface area contributed by atoms with Gasteiger partial charge in [0.2, 0.25) is 0 Å². The topological polar surface area (TPSA) is 27.3 Å². The molecule has 1 aliphatic heterocycles. The number of likely N-dealkylation sites (N-methyl/N-ethyl adjacent to an activating group) is 1. The number of allylic oxidation sites excluding steroid dienone is 1. The molecule has 2 rings (SSSR count). The van der Waals surface area contributed by atoms with Gasteiger partial charge in [-0.1, -0.05) is 17.7 Å². The lowest BCUT2D eigenvalue weighted by Crippen LogP contribution is -2.21. The van der Waals surface area contributed by atoms with Crippen LogP contribution in [0.25, 0.3) is 0 Å². The summed E-state index contributed by atoms with van der Waals surface area (Å²) < 4.78 is 0. The number of rotatable bonds is 3. The maximum Gasteiger partial charge on any atom is 0.0554 e. The summed E-state index contributed by atoms with van der Waals surface area (Å²) in [6.07, 6.45) is 1.15. The molecule has 0 aliphatic carbocycles. The maximum absolute atomic E-state index is 5.92. The van der Waals surface area contributed by atoms with E-state index in [-0.39, 0.29) is 0 Å². The summed E-state index contributed by atoms with van der Waals surface area (Å²) in [6.45, 7) is 4.30. The fourth-order valence-corrected chi connectivity index (χ4v) is 2.13. The Morgan fingerprint density at radius 1 is 1.41 bits per heavy atom. The van der Waals surface area contributed by atoms with Crippen LogP contribution in [0.2, 0.25) is 5.02 Å². The number of nitrogens with zero attached hydrogens (tertiary/aromatic N) is 1. The molecule has 92 valence electrons. The lowest BCUT2D eigenvalue weighted by Gasteiger charge is -2.13. The van der Waals surface area contributed by atoms with Crippen molar-refractivity contribution in [2.24, 2.45) is 0 Å². The number of hydrogen-bond acceptors (Lipinski definition) is 3. The van der Waals surface area contributed by atoms with Gasteiger partial charge < -0.3 is 15.8 Å². The monoisotopic (exact) mass is 251 g/mol. The Bertz CT molecular complexity index is 428. The summed E-state index contributed by atoms with van der Waals surface area (Å²) in [5.41, 5.74) is 10.0. The smallest absolute Gasteiger partial charge is 0.0554 e. The second-order valence-corrected chi connectivity index (χ2v) is 4.91. The van der Waals surface area contributed by atoms with Gasteiger partial charge in [-0.15, -0.1) is 0 Å². The molecule has 0 aromatic heterocycles. The van der Waals surface area contributed by atoms with E-state index in [4.69, 9.17) is 11.6 Å². The van der Waals surface area contributed by atoms with E-state index in [1.165, 1.54) is 11.3 Å². The number of halogens is 1. The van der Waals surface area contributed by atoms with Crippen molar-refractivity contribution in [3.63, 3.8) is 0 Å². The van der Waals surface area contributed by atoms with E-state index in [9.17, 15) is 0 Å². The van der Waals surface area contributed by atoms with Gasteiger partial charge in [0.1, 0.15) is 0 Å². The molecule has 1 aromatic rings. The van der Waals surface area contributed by atoms with E-state index in [1.54, 1.807) is 0 Å². The molecule has 1 saturated heterocycles. The third-order valence-electron chi connectivity index (χ3n) is 3.01. The molecule has 1 heterocycles. The fourth-order valence-electron chi connectivity index (χ4n) is 1.94. The molecule has 0 bridgehead atoms. The van der Waals surface area contributed by atoms with Crippen molar-refractivity contribution in [3.8, 4) is 0 Å². The molecule has 0 unspecified atom stereocenters. The summed E-state index contributed by atoms with van der Waals surface area (Å²) >= 11 is 5.92. The number of hydrazine groups is 1. The van der Waals surface area contributed by atoms with Crippen LogP contribution in [0.5, 0.6) is 0 Å². The van der Waals surface area contributed by atoms with Crippen LogP contribution >= 0.6 is 11.6 Å². The molecule has 2 N–H and O–H groups in total. The largest absolute Gasteiger partial charge is 0.305 e. The van der Waals surface area contributed by atoms with E-state index in [2.05, 4.69) is 29.7 Å². The molecule has 1 aliphatic rings. The van der Waals surface area contributed by atoms with Crippen LogP contribution in [0.4, 0.5) is 5.69 Å². The van der Waals surface area contributed by atoms with Gasteiger partial charge in [-0.25, -0.2) is 0 Å². The Morgan fingerprint density at radius 3 is 2.88 bits per heavy atom. The van der Waals surface area contributed by atoms with Crippen molar-refractivity contribution in [2.75, 3.05) is 25.6 Å². The van der Waals surface area contributed by atoms with Gasteiger partial charge in [-0.3, -0.25) is 0 Å². The molecule has 17 heavy (non-hydrogen) atoms. The van der Waals surface area contributed by atoms with E-state index >= 15 is 0 Å². The van der Waals surface area contributed by atoms with E-state index in [1.807, 2.05) is 24.3 Å². The Morgan fingerprint density at radius 2 is 2.24 bits per heavy atom. The summed E-state index contributed by atoms with van der Waals surface area (Å²) in [5, 5.41) is 0.739. The highest BCUT2D eigenvalue weighted by Crippen LogP contribution is 2.17. The summed E-state index contributed by atoms with van der Waals surface area (Å²) in [7, 11) is 2.14. The van der Waals surface area contributed by atoms with Crippen LogP contribution < -0.4 is 10.9 Å². The highest BCUT2D eigenvalue weighted by atomic mass is 35.5. The summed E-state index contributed by atoms with van der Waals surface area (Å²) in [5.74, 6) is 0. The number of anilines is 1. The minimum Gasteiger partial charge on any atom is -0.305 e. The van der Waals surface area contributed by atoms with Gasteiger partial charge in [-0.2, -0.15) is 0 Å². The predicted molar refractivity (Wildman–Crippen MR) is 73.0 cm³/mol. The zero-order valence-corrected chi connectivity index (χ0v) is 11.0. The molecular weight excluding hydrogens is 234 g/mol. The van der Waals surface area contributed by atoms with Crippen LogP contribution in [0.1, 0.15) is 13.3 Å². The van der Waals surface area contributed by atoms with E-state index < -0.39 is 0 Å². The van der Waals surface area contributed by atoms with Crippen molar-refractivity contribution < 1.29 is 0 Å². The lowest BCUT2D eigenvalue weighted by molar-refractivity contribution is 0.424. The van der Waals surface area contributed by atoms with Gasteiger partial charge in [0, 0.05) is 23.8 Å². The SMILES string of the molecule is CC(NNc1cccc(Cl)c1)=C1CCN(C)C1. The van der Waals surface area contributed by atoms with E-state index in [0.29, 0.717) is 0 Å². The molecule has 3 nitrogen and oxygen atoms in total. The third-order valence-corrected chi connectivity index (χ3v) is 3.24. The van der Waals surface area contributed by atoms with Crippen LogP contribution in [-0.2, 0) is 0 Å². The van der Waals surface area contributed by atoms with Crippen LogP contribution in [-0.4, -0.2) is 25.0 Å². The molecule has 0 radical (unpaired) electrons. The first-order chi connectivity index (χ1) is 8.15. The molecule has 0 atom stereocenters. The normalized spacial score (nSPS) is 19.2. The van der Waals surface area contributed by atoms with Crippen LogP contribution in [0, 0.1) is 0 Å². The van der Waals surface area contributed by atoms with Gasteiger partial charge in [0.25, 0.3) is 0 Å². The highest BCUT2D eigenvalue weighted by molar-refractivity contribution is 6.30. The minimum absolute atomic E-state index is 0.739. The first-order valence-electron chi connectivity index (χ1n) is 5.80. The van der Waals surface area contributed by atoms with Crippen molar-refractivity contribution >= 4 is 17.3 Å². The minimum atomic E-state index is 0.739. The summed E-state index contributed by atoms with van der Waals surface area (Å²) in [6, 6.07) is 7.67. The number of hydrogen-bond donors (Lipinski definition) is 2. The first-order valence-corrected chi connectivity index (χ1v) is 6.18. The molecule has 0 spiro atoms. The fraction of sp³-hybridized carbons (Fsp3) is 0.385. The Kier molecular flexibility index (Phi) is 3.92. The second-order valence-electron chi connectivity index (χ2n) is 4.48. The Labute approximate surface area is 107 Å². The Balaban J connectivity index is 1.94. The molecule has 4 heteroatoms. The average molecular weight is 252 g/mol. The molecule has 0 saturated carbocycles. The second kappa shape index (κ2) is 5.43. The average Bonchev–Trinajstić information content (AvgIpc) is 2.73. The van der Waals surface area contributed by atoms with Gasteiger partial charge in [0.05, 0.1) is 5.69 Å². The molecule has 1 fully saturated rings. The number of likely N-dealkylation sites (tertiary alicyclic amines) is 1. The lowest BCUT2D eigenvalue weighted by atomic mass is 10.2. The van der Waals surface area contributed by atoms with Gasteiger partial charge in [0.15, 0.2) is 0 Å². The van der Waals surface area contributed by atoms with Crippen LogP contribution in [0.3, 0.4) is 0 Å². The van der Waals surface area contributed by atoms with Crippen molar-refractivity contribution in [3.05, 3.63) is 40.6 Å². The maximum atomic E-state index is 5.92. The van der Waals surface area contributed by atoms with Gasteiger partial charge >= 0.3 is 0 Å². The third kappa shape index (κ3) is 3.38. The number of benzene rings is 1. The Hall–Kier alpha value is -1.19. The predicted octanol–water partition coefficient (Wildman–Crippen LogP) is 2.87. The first kappa shape index (κ1) is 12.3. The van der Waals surface area contributed by atoms with E-state index in [0.717, 1.165) is 30.2 Å². The van der Waals surface area contributed by atoms with Crippen LogP contribution in [0.15, 0.2) is 35.5 Å². The van der Waals surface area contributed by atoms with Crippen molar-refractivity contribution in [1.29, 1.82) is 0 Å². The standard InChI is InChI=1S/C13H18ClN3/c1-10(11-6-7-17(2)9-11)15-16-13-5-3-4-12(14)8-13/h3-5,8,15-16H,6-7,9H2,1-2H3. The van der Waals surface area contributed by atoms with Crippen molar-refractivity contribution in [1.82, 2.24) is 10.3 Å². The van der Waals surface area contributed by atoms with Crippen molar-refractivity contribution in [2.45, 2.75) is 13.3 Å². The zero-order chi connectivity index (χ0) is 12.3. The van der Waals surface area contributed by atoms with Gasteiger partial charge in [-0.05, 0) is 44.2 Å². The summed E-state index contributed by atoms with van der Waals surface area (Å²) in [4.78, 5) is 2.32.